The van der Waals surface area contributed by atoms with E-state index in [1.807, 2.05) is 0 Å². The first kappa shape index (κ1) is 29.6. The first-order valence-corrected chi connectivity index (χ1v) is 11.9. The fourth-order valence-electron chi connectivity index (χ4n) is 3.51. The van der Waals surface area contributed by atoms with Crippen LogP contribution in [-0.4, -0.2) is 44.1 Å². The van der Waals surface area contributed by atoms with Gasteiger partial charge in [0.25, 0.3) is 5.91 Å². The van der Waals surface area contributed by atoms with E-state index in [0.717, 1.165) is 35.0 Å². The van der Waals surface area contributed by atoms with E-state index >= 15 is 0 Å². The van der Waals surface area contributed by atoms with Crippen molar-refractivity contribution in [1.29, 1.82) is 0 Å². The topological polar surface area (TPSA) is 114 Å². The van der Waals surface area contributed by atoms with Crippen molar-refractivity contribution < 1.29 is 42.1 Å². The molecule has 0 fully saturated rings. The lowest BCUT2D eigenvalue weighted by Gasteiger charge is -2.36. The van der Waals surface area contributed by atoms with Gasteiger partial charge in [0.15, 0.2) is 5.69 Å². The Morgan fingerprint density at radius 2 is 1.67 bits per heavy atom. The minimum absolute atomic E-state index is 0.0912. The van der Waals surface area contributed by atoms with Crippen molar-refractivity contribution in [3.8, 4) is 11.6 Å². The van der Waals surface area contributed by atoms with Gasteiger partial charge in [0.05, 0.1) is 18.0 Å². The third kappa shape index (κ3) is 6.94. The van der Waals surface area contributed by atoms with Gasteiger partial charge in [0.2, 0.25) is 5.88 Å². The summed E-state index contributed by atoms with van der Waals surface area (Å²) < 4.78 is 62.2. The van der Waals surface area contributed by atoms with Crippen LogP contribution in [0.1, 0.15) is 61.8 Å². The molecule has 0 radical (unpaired) electrons. The predicted molar refractivity (Wildman–Crippen MR) is 133 cm³/mol. The van der Waals surface area contributed by atoms with Crippen LogP contribution in [0.15, 0.2) is 54.6 Å². The van der Waals surface area contributed by atoms with E-state index in [1.165, 1.54) is 24.3 Å². The van der Waals surface area contributed by atoms with Gasteiger partial charge < -0.3 is 20.3 Å². The minimum atomic E-state index is -4.80. The van der Waals surface area contributed by atoms with Gasteiger partial charge in [0, 0.05) is 6.07 Å². The zero-order valence-corrected chi connectivity index (χ0v) is 21.7. The molecule has 0 spiro atoms. The van der Waals surface area contributed by atoms with Crippen LogP contribution in [-0.2, 0) is 11.0 Å². The van der Waals surface area contributed by atoms with Crippen molar-refractivity contribution in [2.75, 3.05) is 6.61 Å². The third-order valence-corrected chi connectivity index (χ3v) is 6.43. The van der Waals surface area contributed by atoms with Gasteiger partial charge in [-0.3, -0.25) is 9.59 Å². The summed E-state index contributed by atoms with van der Waals surface area (Å²) in [6, 6.07) is 9.37. The second kappa shape index (κ2) is 11.0. The largest absolute Gasteiger partial charge is 0.481 e. The number of para-hydroxylation sites is 1. The van der Waals surface area contributed by atoms with Gasteiger partial charge in [-0.1, -0.05) is 51.1 Å². The maximum atomic E-state index is 14.6. The molecule has 1 heterocycles. The van der Waals surface area contributed by atoms with E-state index in [0.29, 0.717) is 0 Å². The van der Waals surface area contributed by atoms with E-state index in [9.17, 15) is 37.4 Å². The number of aromatic nitrogens is 2. The highest BCUT2D eigenvalue weighted by molar-refractivity contribution is 5.93. The van der Waals surface area contributed by atoms with Crippen molar-refractivity contribution in [3.63, 3.8) is 0 Å². The van der Waals surface area contributed by atoms with E-state index < -0.39 is 58.5 Å². The molecular formula is C27H29F4N3O5. The molecule has 210 valence electrons. The fourth-order valence-corrected chi connectivity index (χ4v) is 3.51. The zero-order valence-electron chi connectivity index (χ0n) is 21.7. The highest BCUT2D eigenvalue weighted by Gasteiger charge is 2.38. The highest BCUT2D eigenvalue weighted by atomic mass is 19.4. The van der Waals surface area contributed by atoms with Crippen molar-refractivity contribution in [1.82, 2.24) is 15.1 Å². The number of carboxylic acid groups (broad SMARTS) is 1. The van der Waals surface area contributed by atoms with Crippen molar-refractivity contribution in [3.05, 3.63) is 77.2 Å². The quantitative estimate of drug-likeness (QED) is 0.317. The number of benzene rings is 2. The van der Waals surface area contributed by atoms with Gasteiger partial charge in [-0.25, -0.2) is 4.39 Å². The molecule has 39 heavy (non-hydrogen) atoms. The first-order valence-electron chi connectivity index (χ1n) is 11.9. The Labute approximate surface area is 222 Å². The molecule has 0 aliphatic heterocycles. The number of aliphatic hydroxyl groups is 1. The Morgan fingerprint density at radius 1 is 1.05 bits per heavy atom. The second-order valence-corrected chi connectivity index (χ2v) is 10.3. The van der Waals surface area contributed by atoms with E-state index in [-0.39, 0.29) is 23.9 Å². The van der Waals surface area contributed by atoms with Crippen LogP contribution in [0.2, 0.25) is 0 Å². The number of hydrogen-bond acceptors (Lipinski definition) is 5. The number of carbonyl (C=O) groups is 2. The number of rotatable bonds is 9. The van der Waals surface area contributed by atoms with Crippen LogP contribution in [0.5, 0.6) is 5.88 Å². The number of nitrogens with zero attached hydrogens (tertiary/aromatic N) is 2. The van der Waals surface area contributed by atoms with Crippen LogP contribution >= 0.6 is 0 Å². The molecule has 1 aromatic heterocycles. The maximum absolute atomic E-state index is 14.6. The summed E-state index contributed by atoms with van der Waals surface area (Å²) in [6.45, 7) is 6.62. The first-order chi connectivity index (χ1) is 18.0. The average Bonchev–Trinajstić information content (AvgIpc) is 3.25. The number of amides is 1. The van der Waals surface area contributed by atoms with Gasteiger partial charge in [-0.15, -0.1) is 0 Å². The van der Waals surface area contributed by atoms with Gasteiger partial charge in [-0.2, -0.15) is 23.0 Å². The van der Waals surface area contributed by atoms with Crippen molar-refractivity contribution in [2.45, 2.75) is 51.9 Å². The summed E-state index contributed by atoms with van der Waals surface area (Å²) in [4.78, 5) is 24.6. The number of alkyl halides is 3. The van der Waals surface area contributed by atoms with Crippen LogP contribution in [0.25, 0.3) is 5.69 Å². The smallest absolute Gasteiger partial charge is 0.416 e. The SMILES string of the molecule is CC(C)(C)[C@@](C)(O)COc1cc(C(=O)N[C@@H](CC(=O)O)c2ccccc2C(F)(F)F)nn1-c1ccccc1F. The predicted octanol–water partition coefficient (Wildman–Crippen LogP) is 5.15. The van der Waals surface area contributed by atoms with Crippen LogP contribution in [0.4, 0.5) is 17.6 Å². The fraction of sp³-hybridized carbons (Fsp3) is 0.370. The molecule has 1 amide bonds. The van der Waals surface area contributed by atoms with Crippen LogP contribution < -0.4 is 10.1 Å². The molecule has 0 aliphatic carbocycles. The lowest BCUT2D eigenvalue weighted by atomic mass is 9.78. The number of carboxylic acids is 1. The average molecular weight is 552 g/mol. The Kier molecular flexibility index (Phi) is 8.39. The van der Waals surface area contributed by atoms with Gasteiger partial charge >= 0.3 is 12.1 Å². The molecule has 3 N–H and O–H groups in total. The van der Waals surface area contributed by atoms with Crippen molar-refractivity contribution >= 4 is 11.9 Å². The highest BCUT2D eigenvalue weighted by Crippen LogP contribution is 2.36. The Hall–Kier alpha value is -3.93. The molecule has 0 saturated heterocycles. The number of carbonyl (C=O) groups excluding carboxylic acids is 1. The molecule has 0 unspecified atom stereocenters. The molecule has 2 atom stereocenters. The molecule has 2 aromatic carbocycles. The summed E-state index contributed by atoms with van der Waals surface area (Å²) in [6.07, 6.45) is -5.64. The molecule has 12 heteroatoms. The summed E-state index contributed by atoms with van der Waals surface area (Å²) in [5, 5.41) is 26.5. The molecule has 8 nitrogen and oxygen atoms in total. The number of aliphatic carboxylic acids is 1. The molecule has 0 bridgehead atoms. The zero-order chi connectivity index (χ0) is 29.2. The molecule has 3 aromatic rings. The Balaban J connectivity index is 2.01. The van der Waals surface area contributed by atoms with E-state index in [1.54, 1.807) is 27.7 Å². The summed E-state index contributed by atoms with van der Waals surface area (Å²) in [5.74, 6) is -3.29. The standard InChI is InChI=1S/C27H29F4N3O5/c1-25(2,3)26(4,38)15-39-22-13-20(33-34(22)21-12-8-7-11-18(21)28)24(37)32-19(14-23(35)36)16-9-5-6-10-17(16)27(29,30)31/h5-13,19,38H,14-15H2,1-4H3,(H,32,37)(H,35,36)/t19-,26-/m0/s1. The Bertz CT molecular complexity index is 1350. The van der Waals surface area contributed by atoms with Crippen molar-refractivity contribution in [2.24, 2.45) is 5.41 Å². The van der Waals surface area contributed by atoms with Crippen LogP contribution in [0, 0.1) is 11.2 Å². The lowest BCUT2D eigenvalue weighted by molar-refractivity contribution is -0.140. The molecule has 0 saturated carbocycles. The normalized spacial score (nSPS) is 14.4. The maximum Gasteiger partial charge on any atom is 0.416 e. The minimum Gasteiger partial charge on any atom is -0.481 e. The van der Waals surface area contributed by atoms with Gasteiger partial charge in [0.1, 0.15) is 23.7 Å². The number of ether oxygens (including phenoxy) is 1. The van der Waals surface area contributed by atoms with E-state index in [4.69, 9.17) is 4.74 Å². The summed E-state index contributed by atoms with van der Waals surface area (Å²) in [7, 11) is 0. The Morgan fingerprint density at radius 3 is 2.26 bits per heavy atom. The molecule has 3 rings (SSSR count). The van der Waals surface area contributed by atoms with Crippen LogP contribution in [0.3, 0.4) is 0 Å². The summed E-state index contributed by atoms with van der Waals surface area (Å²) >= 11 is 0. The number of nitrogens with one attached hydrogen (secondary N) is 1. The lowest BCUT2D eigenvalue weighted by Crippen LogP contribution is -2.45. The van der Waals surface area contributed by atoms with E-state index in [2.05, 4.69) is 10.4 Å². The third-order valence-electron chi connectivity index (χ3n) is 6.43. The second-order valence-electron chi connectivity index (χ2n) is 10.3. The monoisotopic (exact) mass is 551 g/mol. The number of hydrogen-bond donors (Lipinski definition) is 3. The number of halogens is 4. The molecular weight excluding hydrogens is 522 g/mol. The molecule has 0 aliphatic rings. The summed E-state index contributed by atoms with van der Waals surface area (Å²) in [5.41, 5.74) is -3.97. The van der Waals surface area contributed by atoms with Gasteiger partial charge in [-0.05, 0) is 36.1 Å².